The highest BCUT2D eigenvalue weighted by atomic mass is 14.8. The van der Waals surface area contributed by atoms with Gasteiger partial charge in [0.25, 0.3) is 0 Å². The Morgan fingerprint density at radius 1 is 1.27 bits per heavy atom. The van der Waals surface area contributed by atoms with Crippen LogP contribution in [0.2, 0.25) is 0 Å². The Balaban J connectivity index is 2.71. The zero-order valence-corrected chi connectivity index (χ0v) is 9.74. The molecule has 0 bridgehead atoms. The monoisotopic (exact) mass is 203 g/mol. The van der Waals surface area contributed by atoms with Crippen LogP contribution < -0.4 is 5.32 Å². The molecule has 0 aliphatic heterocycles. The Kier molecular flexibility index (Phi) is 5.79. The van der Waals surface area contributed by atoms with Crippen LogP contribution in [0.25, 0.3) is 0 Å². The highest BCUT2D eigenvalue weighted by Gasteiger charge is 1.95. The highest BCUT2D eigenvalue weighted by Crippen LogP contribution is 2.10. The molecule has 1 N–H and O–H groups in total. The molecule has 0 fully saturated rings. The van der Waals surface area contributed by atoms with E-state index in [4.69, 9.17) is 0 Å². The van der Waals surface area contributed by atoms with Gasteiger partial charge in [0.15, 0.2) is 0 Å². The Bertz CT molecular complexity index is 282. The van der Waals surface area contributed by atoms with Gasteiger partial charge in [-0.05, 0) is 26.3 Å². The predicted molar refractivity (Wildman–Crippen MR) is 67.9 cm³/mol. The quantitative estimate of drug-likeness (QED) is 0.678. The van der Waals surface area contributed by atoms with Crippen LogP contribution in [0, 0.1) is 0 Å². The van der Waals surface area contributed by atoms with Gasteiger partial charge < -0.3 is 5.32 Å². The second-order valence-corrected chi connectivity index (χ2v) is 3.71. The standard InChI is InChI=1S/C14H21N/c1-3-13-9-6-4-5-7-11-14(15-2)12-8-10-13/h4-5,7-9,11-12,14-15H,3,6,10H2,1-2H3/b5-4-,11-7-,12-8-,13-9-/t14-/m1/s1. The van der Waals surface area contributed by atoms with E-state index >= 15 is 0 Å². The topological polar surface area (TPSA) is 12.0 Å². The molecule has 1 aliphatic carbocycles. The minimum absolute atomic E-state index is 0.353. The van der Waals surface area contributed by atoms with Crippen molar-refractivity contribution in [1.29, 1.82) is 0 Å². The molecular weight excluding hydrogens is 182 g/mol. The van der Waals surface area contributed by atoms with E-state index in [2.05, 4.69) is 54.8 Å². The van der Waals surface area contributed by atoms with Gasteiger partial charge in [0.05, 0.1) is 0 Å². The van der Waals surface area contributed by atoms with Crippen LogP contribution in [0.3, 0.4) is 0 Å². The van der Waals surface area contributed by atoms with Crippen molar-refractivity contribution in [2.45, 2.75) is 32.2 Å². The van der Waals surface area contributed by atoms with Gasteiger partial charge in [0, 0.05) is 6.04 Å². The molecule has 1 nitrogen and oxygen atoms in total. The second kappa shape index (κ2) is 7.24. The Labute approximate surface area is 93.3 Å². The van der Waals surface area contributed by atoms with Gasteiger partial charge in [-0.15, -0.1) is 0 Å². The van der Waals surface area contributed by atoms with E-state index in [0.29, 0.717) is 6.04 Å². The fraction of sp³-hybridized carbons (Fsp3) is 0.429. The third kappa shape index (κ3) is 4.80. The summed E-state index contributed by atoms with van der Waals surface area (Å²) in [6, 6.07) is 0.353. The zero-order valence-electron chi connectivity index (χ0n) is 9.74. The molecule has 82 valence electrons. The molecular formula is C14H21N. The molecule has 0 unspecified atom stereocenters. The first-order chi connectivity index (χ1) is 7.36. The number of hydrogen-bond acceptors (Lipinski definition) is 1. The van der Waals surface area contributed by atoms with E-state index in [1.165, 1.54) is 5.57 Å². The van der Waals surface area contributed by atoms with Gasteiger partial charge in [-0.25, -0.2) is 0 Å². The summed E-state index contributed by atoms with van der Waals surface area (Å²) in [5.41, 5.74) is 1.52. The molecule has 1 atom stereocenters. The number of allylic oxidation sites excluding steroid dienone is 6. The van der Waals surface area contributed by atoms with Crippen LogP contribution in [0.1, 0.15) is 26.2 Å². The maximum Gasteiger partial charge on any atom is 0.0436 e. The van der Waals surface area contributed by atoms with Crippen molar-refractivity contribution in [3.8, 4) is 0 Å². The molecule has 1 aliphatic rings. The largest absolute Gasteiger partial charge is 0.310 e. The van der Waals surface area contributed by atoms with Crippen LogP contribution in [-0.2, 0) is 0 Å². The molecule has 0 heterocycles. The Hall–Kier alpha value is -1.08. The lowest BCUT2D eigenvalue weighted by Gasteiger charge is -2.05. The average Bonchev–Trinajstić information content (AvgIpc) is 2.32. The highest BCUT2D eigenvalue weighted by molar-refractivity contribution is 5.17. The van der Waals surface area contributed by atoms with E-state index in [1.807, 2.05) is 7.05 Å². The molecule has 0 saturated heterocycles. The Morgan fingerprint density at radius 2 is 2.13 bits per heavy atom. The zero-order chi connectivity index (χ0) is 10.9. The van der Waals surface area contributed by atoms with E-state index < -0.39 is 0 Å². The smallest absolute Gasteiger partial charge is 0.0436 e. The first kappa shape index (κ1) is 12.0. The lowest BCUT2D eigenvalue weighted by Crippen LogP contribution is -2.19. The molecule has 0 aromatic heterocycles. The average molecular weight is 203 g/mol. The summed E-state index contributed by atoms with van der Waals surface area (Å²) < 4.78 is 0. The van der Waals surface area contributed by atoms with Crippen LogP contribution >= 0.6 is 0 Å². The molecule has 15 heavy (non-hydrogen) atoms. The van der Waals surface area contributed by atoms with Crippen molar-refractivity contribution < 1.29 is 0 Å². The van der Waals surface area contributed by atoms with Crippen LogP contribution in [0.4, 0.5) is 0 Å². The fourth-order valence-corrected chi connectivity index (χ4v) is 1.57. The molecule has 0 saturated carbocycles. The van der Waals surface area contributed by atoms with E-state index in [0.717, 1.165) is 19.3 Å². The third-order valence-electron chi connectivity index (χ3n) is 2.62. The van der Waals surface area contributed by atoms with Crippen LogP contribution in [0.5, 0.6) is 0 Å². The summed E-state index contributed by atoms with van der Waals surface area (Å²) in [7, 11) is 1.99. The lowest BCUT2D eigenvalue weighted by molar-refractivity contribution is 0.787. The van der Waals surface area contributed by atoms with Crippen LogP contribution in [0.15, 0.2) is 48.1 Å². The van der Waals surface area contributed by atoms with E-state index in [-0.39, 0.29) is 0 Å². The minimum Gasteiger partial charge on any atom is -0.310 e. The summed E-state index contributed by atoms with van der Waals surface area (Å²) >= 11 is 0. The SMILES string of the molecule is CC/C1=C/C/C=C\C=C/[C@@H](NC)/C=C\C1. The van der Waals surface area contributed by atoms with Gasteiger partial charge in [0.2, 0.25) is 0 Å². The molecule has 1 heteroatoms. The summed E-state index contributed by atoms with van der Waals surface area (Å²) in [4.78, 5) is 0. The van der Waals surface area contributed by atoms with Crippen molar-refractivity contribution >= 4 is 0 Å². The first-order valence-corrected chi connectivity index (χ1v) is 5.72. The van der Waals surface area contributed by atoms with E-state index in [9.17, 15) is 0 Å². The van der Waals surface area contributed by atoms with Gasteiger partial charge >= 0.3 is 0 Å². The van der Waals surface area contributed by atoms with Crippen molar-refractivity contribution in [2.75, 3.05) is 7.05 Å². The van der Waals surface area contributed by atoms with Crippen molar-refractivity contribution in [1.82, 2.24) is 5.32 Å². The maximum absolute atomic E-state index is 3.25. The van der Waals surface area contributed by atoms with Gasteiger partial charge in [-0.2, -0.15) is 0 Å². The maximum atomic E-state index is 3.25. The predicted octanol–water partition coefficient (Wildman–Crippen LogP) is 3.37. The van der Waals surface area contributed by atoms with Gasteiger partial charge in [0.1, 0.15) is 0 Å². The first-order valence-electron chi connectivity index (χ1n) is 5.72. The number of likely N-dealkylation sites (N-methyl/N-ethyl adjacent to an activating group) is 1. The number of nitrogens with one attached hydrogen (secondary N) is 1. The summed E-state index contributed by atoms with van der Waals surface area (Å²) in [5, 5.41) is 3.25. The van der Waals surface area contributed by atoms with E-state index in [1.54, 1.807) is 0 Å². The lowest BCUT2D eigenvalue weighted by atomic mass is 10.1. The number of hydrogen-bond donors (Lipinski definition) is 1. The van der Waals surface area contributed by atoms with Gasteiger partial charge in [-0.3, -0.25) is 0 Å². The third-order valence-corrected chi connectivity index (χ3v) is 2.62. The molecule has 0 radical (unpaired) electrons. The minimum atomic E-state index is 0.353. The normalized spacial score (nSPS) is 32.1. The molecule has 0 aromatic rings. The summed E-state index contributed by atoms with van der Waals surface area (Å²) in [5.74, 6) is 0. The molecule has 1 rings (SSSR count). The van der Waals surface area contributed by atoms with Crippen molar-refractivity contribution in [2.24, 2.45) is 0 Å². The molecule has 0 amide bonds. The summed E-state index contributed by atoms with van der Waals surface area (Å²) in [6.45, 7) is 2.22. The summed E-state index contributed by atoms with van der Waals surface area (Å²) in [6.07, 6.45) is 18.7. The van der Waals surface area contributed by atoms with Crippen molar-refractivity contribution in [3.05, 3.63) is 48.1 Å². The molecule has 0 aromatic carbocycles. The van der Waals surface area contributed by atoms with Gasteiger partial charge in [-0.1, -0.05) is 55.0 Å². The number of rotatable bonds is 2. The molecule has 0 spiro atoms. The Morgan fingerprint density at radius 3 is 2.87 bits per heavy atom. The van der Waals surface area contributed by atoms with Crippen LogP contribution in [-0.4, -0.2) is 13.1 Å². The second-order valence-electron chi connectivity index (χ2n) is 3.71. The fourth-order valence-electron chi connectivity index (χ4n) is 1.57. The van der Waals surface area contributed by atoms with Crippen molar-refractivity contribution in [3.63, 3.8) is 0 Å².